The van der Waals surface area contributed by atoms with Crippen LogP contribution in [0.3, 0.4) is 0 Å². The second-order valence-corrected chi connectivity index (χ2v) is 19.4. The van der Waals surface area contributed by atoms with E-state index in [2.05, 4.69) is 189 Å². The minimum Gasteiger partial charge on any atom is -0.344 e. The van der Waals surface area contributed by atoms with E-state index in [1.165, 1.54) is 31.8 Å². The van der Waals surface area contributed by atoms with Crippen molar-refractivity contribution in [1.82, 2.24) is 0 Å². The average molecular weight is 697 g/mol. The zero-order valence-corrected chi connectivity index (χ0v) is 30.6. The van der Waals surface area contributed by atoms with E-state index in [4.69, 9.17) is 9.47 Å². The Morgan fingerprint density at radius 2 is 0.633 bits per heavy atom. The lowest BCUT2D eigenvalue weighted by atomic mass is 10.2. The third-order valence-corrected chi connectivity index (χ3v) is 16.8. The molecule has 0 bridgehead atoms. The lowest BCUT2D eigenvalue weighted by molar-refractivity contribution is -0.158. The van der Waals surface area contributed by atoms with Crippen LogP contribution in [0.2, 0.25) is 0 Å². The summed E-state index contributed by atoms with van der Waals surface area (Å²) in [4.78, 5) is 0. The van der Waals surface area contributed by atoms with Gasteiger partial charge in [0.25, 0.3) is 0 Å². The molecule has 0 aliphatic carbocycles. The Kier molecular flexibility index (Phi) is 11.4. The van der Waals surface area contributed by atoms with Crippen LogP contribution in [0.15, 0.2) is 182 Å². The monoisotopic (exact) mass is 696 g/mol. The maximum absolute atomic E-state index is 7.24. The first-order valence-electron chi connectivity index (χ1n) is 17.1. The Hall–Kier alpha value is -3.47. The summed E-state index contributed by atoms with van der Waals surface area (Å²) in [5.74, 6) is -0.678. The number of ether oxygens (including phenoxy) is 2. The lowest BCUT2D eigenvalue weighted by Crippen LogP contribution is -2.33. The van der Waals surface area contributed by atoms with Gasteiger partial charge in [-0.2, -0.15) is 0 Å². The van der Waals surface area contributed by atoms with E-state index in [1.807, 2.05) is 0 Å². The second-order valence-electron chi connectivity index (χ2n) is 12.6. The van der Waals surface area contributed by atoms with Crippen molar-refractivity contribution in [1.29, 1.82) is 0 Å². The van der Waals surface area contributed by atoms with Gasteiger partial charge in [-0.3, -0.25) is 0 Å². The highest BCUT2D eigenvalue weighted by molar-refractivity contribution is 7.73. The van der Waals surface area contributed by atoms with Crippen molar-refractivity contribution in [2.75, 3.05) is 18.5 Å². The second kappa shape index (κ2) is 16.5. The largest absolute Gasteiger partial charge is 0.344 e. The van der Waals surface area contributed by atoms with Gasteiger partial charge in [-0.15, -0.1) is 0 Å². The van der Waals surface area contributed by atoms with Gasteiger partial charge in [0, 0.05) is 18.7 Å². The van der Waals surface area contributed by atoms with Crippen LogP contribution in [0.1, 0.15) is 13.3 Å². The molecule has 2 atom stereocenters. The van der Waals surface area contributed by atoms with E-state index in [0.29, 0.717) is 0 Å². The third kappa shape index (κ3) is 8.64. The molecule has 49 heavy (non-hydrogen) atoms. The summed E-state index contributed by atoms with van der Waals surface area (Å²) in [6.45, 7) is 2.20. The molecular formula is C44H43O2P3. The van der Waals surface area contributed by atoms with Gasteiger partial charge < -0.3 is 9.47 Å². The standard InChI is InChI=1S/C44H43O2P3/c1-44(32-33-47(36-20-8-2-9-21-36)37-22-10-3-11-23-37)45-42(34-48(38-24-12-4-13-25-38)39-26-14-5-15-27-39)43(46-44)35-49(40-28-16-6-17-29-40)41-30-18-7-19-31-41/h2-31,42-43H,32-35H2,1H3/t42-,43-/m0/s1. The summed E-state index contributed by atoms with van der Waals surface area (Å²) in [6.07, 6.45) is 3.60. The molecule has 1 saturated heterocycles. The highest BCUT2D eigenvalue weighted by Crippen LogP contribution is 2.47. The molecular weight excluding hydrogens is 653 g/mol. The van der Waals surface area contributed by atoms with Crippen LogP contribution < -0.4 is 31.8 Å². The molecule has 0 amide bonds. The van der Waals surface area contributed by atoms with Crippen molar-refractivity contribution in [3.63, 3.8) is 0 Å². The Bertz CT molecular complexity index is 1630. The minimum atomic E-state index is -0.678. The fourth-order valence-corrected chi connectivity index (χ4v) is 14.1. The van der Waals surface area contributed by atoms with Gasteiger partial charge in [0.1, 0.15) is 0 Å². The Balaban J connectivity index is 1.22. The van der Waals surface area contributed by atoms with Gasteiger partial charge in [-0.1, -0.05) is 182 Å². The maximum atomic E-state index is 7.24. The van der Waals surface area contributed by atoms with Crippen molar-refractivity contribution in [3.8, 4) is 0 Å². The first-order valence-corrected chi connectivity index (χ1v) is 21.7. The third-order valence-electron chi connectivity index (χ3n) is 9.14. The van der Waals surface area contributed by atoms with E-state index in [9.17, 15) is 0 Å². The molecule has 0 unspecified atom stereocenters. The van der Waals surface area contributed by atoms with Crippen molar-refractivity contribution in [2.45, 2.75) is 31.3 Å². The van der Waals surface area contributed by atoms with Crippen LogP contribution in [0.4, 0.5) is 0 Å². The van der Waals surface area contributed by atoms with Gasteiger partial charge in [-0.25, -0.2) is 0 Å². The zero-order valence-electron chi connectivity index (χ0n) is 28.0. The summed E-state index contributed by atoms with van der Waals surface area (Å²) in [5, 5.41) is 8.31. The van der Waals surface area contributed by atoms with Crippen LogP contribution in [-0.4, -0.2) is 36.5 Å². The van der Waals surface area contributed by atoms with Crippen molar-refractivity contribution >= 4 is 55.6 Å². The summed E-state index contributed by atoms with van der Waals surface area (Å²) in [5.41, 5.74) is 0. The van der Waals surface area contributed by atoms with Crippen LogP contribution in [0.25, 0.3) is 0 Å². The highest BCUT2D eigenvalue weighted by atomic mass is 31.1. The van der Waals surface area contributed by atoms with Gasteiger partial charge in [-0.05, 0) is 68.7 Å². The van der Waals surface area contributed by atoms with E-state index in [1.54, 1.807) is 0 Å². The molecule has 7 rings (SSSR count). The first kappa shape index (κ1) is 34.0. The molecule has 0 N–H and O–H groups in total. The van der Waals surface area contributed by atoms with Crippen molar-refractivity contribution in [3.05, 3.63) is 182 Å². The maximum Gasteiger partial charge on any atom is 0.166 e. The molecule has 1 aliphatic rings. The fourth-order valence-electron chi connectivity index (χ4n) is 6.70. The molecule has 0 radical (unpaired) electrons. The predicted molar refractivity (Wildman–Crippen MR) is 215 cm³/mol. The van der Waals surface area contributed by atoms with E-state index in [0.717, 1.165) is 24.9 Å². The van der Waals surface area contributed by atoms with Crippen LogP contribution >= 0.6 is 23.8 Å². The van der Waals surface area contributed by atoms with E-state index < -0.39 is 29.6 Å². The Morgan fingerprint density at radius 1 is 0.388 bits per heavy atom. The van der Waals surface area contributed by atoms with E-state index in [-0.39, 0.29) is 12.2 Å². The molecule has 1 fully saturated rings. The van der Waals surface area contributed by atoms with Crippen LogP contribution in [0.5, 0.6) is 0 Å². The number of hydrogen-bond donors (Lipinski definition) is 0. The van der Waals surface area contributed by atoms with Crippen LogP contribution in [0, 0.1) is 0 Å². The van der Waals surface area contributed by atoms with Gasteiger partial charge >= 0.3 is 0 Å². The lowest BCUT2D eigenvalue weighted by Gasteiger charge is -2.28. The van der Waals surface area contributed by atoms with Crippen LogP contribution in [-0.2, 0) is 9.47 Å². The van der Waals surface area contributed by atoms with Crippen molar-refractivity contribution in [2.24, 2.45) is 0 Å². The molecule has 6 aromatic carbocycles. The molecule has 6 aromatic rings. The Morgan fingerprint density at radius 3 is 0.898 bits per heavy atom. The Labute approximate surface area is 295 Å². The molecule has 246 valence electrons. The van der Waals surface area contributed by atoms with E-state index >= 15 is 0 Å². The molecule has 1 aliphatic heterocycles. The average Bonchev–Trinajstić information content (AvgIpc) is 3.49. The molecule has 0 spiro atoms. The molecule has 0 saturated carbocycles. The predicted octanol–water partition coefficient (Wildman–Crippen LogP) is 8.28. The first-order chi connectivity index (χ1) is 24.2. The van der Waals surface area contributed by atoms with Gasteiger partial charge in [0.15, 0.2) is 5.79 Å². The molecule has 1 heterocycles. The number of benzene rings is 6. The summed E-state index contributed by atoms with van der Waals surface area (Å²) < 4.78 is 14.5. The SMILES string of the molecule is CC1(CCP(c2ccccc2)c2ccccc2)O[C@@H](CP(c2ccccc2)c2ccccc2)[C@H](CP(c2ccccc2)c2ccccc2)O1. The molecule has 0 aromatic heterocycles. The quantitative estimate of drug-likeness (QED) is 0.113. The molecule has 2 nitrogen and oxygen atoms in total. The smallest absolute Gasteiger partial charge is 0.166 e. The summed E-state index contributed by atoms with van der Waals surface area (Å²) in [7, 11) is -1.86. The fraction of sp³-hybridized carbons (Fsp3) is 0.182. The van der Waals surface area contributed by atoms with Gasteiger partial charge in [0.2, 0.25) is 0 Å². The van der Waals surface area contributed by atoms with Gasteiger partial charge in [0.05, 0.1) is 12.2 Å². The molecule has 5 heteroatoms. The minimum absolute atomic E-state index is 0.0337. The zero-order chi connectivity index (χ0) is 33.3. The summed E-state index contributed by atoms with van der Waals surface area (Å²) in [6, 6.07) is 66.1. The number of rotatable bonds is 13. The van der Waals surface area contributed by atoms with Crippen molar-refractivity contribution < 1.29 is 9.47 Å². The summed E-state index contributed by atoms with van der Waals surface area (Å²) >= 11 is 0. The topological polar surface area (TPSA) is 18.5 Å². The highest BCUT2D eigenvalue weighted by Gasteiger charge is 2.46. The normalized spacial score (nSPS) is 17.1. The number of hydrogen-bond acceptors (Lipinski definition) is 2.